The number of amides is 2. The van der Waals surface area contributed by atoms with E-state index in [2.05, 4.69) is 16.3 Å². The topological polar surface area (TPSA) is 44.8 Å². The maximum atomic E-state index is 12.3. The SMILES string of the molecule is O=C(NCc1cccs1)N1CCCN(C2CCOC2)CC1. The van der Waals surface area contributed by atoms with Crippen molar-refractivity contribution < 1.29 is 9.53 Å². The van der Waals surface area contributed by atoms with E-state index in [9.17, 15) is 4.79 Å². The van der Waals surface area contributed by atoms with Crippen LogP contribution in [-0.2, 0) is 11.3 Å². The summed E-state index contributed by atoms with van der Waals surface area (Å²) >= 11 is 1.68. The lowest BCUT2D eigenvalue weighted by molar-refractivity contribution is 0.145. The summed E-state index contributed by atoms with van der Waals surface area (Å²) in [5.41, 5.74) is 0. The molecule has 3 heterocycles. The Kier molecular flexibility index (Phi) is 5.11. The van der Waals surface area contributed by atoms with Crippen LogP contribution in [0.5, 0.6) is 0 Å². The Morgan fingerprint density at radius 2 is 2.33 bits per heavy atom. The van der Waals surface area contributed by atoms with Crippen LogP contribution in [0.1, 0.15) is 17.7 Å². The van der Waals surface area contributed by atoms with E-state index in [1.165, 1.54) is 4.88 Å². The number of hydrogen-bond donors (Lipinski definition) is 1. The molecule has 2 amide bonds. The second-order valence-corrected chi connectivity index (χ2v) is 6.66. The zero-order valence-electron chi connectivity index (χ0n) is 12.3. The molecule has 1 aromatic rings. The molecule has 2 aliphatic rings. The molecule has 6 heteroatoms. The molecule has 21 heavy (non-hydrogen) atoms. The highest BCUT2D eigenvalue weighted by atomic mass is 32.1. The number of nitrogens with one attached hydrogen (secondary N) is 1. The zero-order chi connectivity index (χ0) is 14.5. The highest BCUT2D eigenvalue weighted by molar-refractivity contribution is 7.09. The third kappa shape index (κ3) is 3.96. The van der Waals surface area contributed by atoms with E-state index in [1.54, 1.807) is 11.3 Å². The number of carbonyl (C=O) groups excluding carboxylic acids is 1. The summed E-state index contributed by atoms with van der Waals surface area (Å²) in [5.74, 6) is 0. The Balaban J connectivity index is 1.46. The molecule has 3 rings (SSSR count). The molecule has 1 atom stereocenters. The molecule has 2 fully saturated rings. The average Bonchev–Trinajstić information content (AvgIpc) is 3.15. The second-order valence-electron chi connectivity index (χ2n) is 5.63. The number of rotatable bonds is 3. The molecule has 0 spiro atoms. The predicted molar refractivity (Wildman–Crippen MR) is 83.5 cm³/mol. The minimum atomic E-state index is 0.0629. The first-order valence-electron chi connectivity index (χ1n) is 7.70. The summed E-state index contributed by atoms with van der Waals surface area (Å²) in [4.78, 5) is 17.9. The van der Waals surface area contributed by atoms with Gasteiger partial charge in [-0.1, -0.05) is 6.07 Å². The van der Waals surface area contributed by atoms with Gasteiger partial charge in [-0.15, -0.1) is 11.3 Å². The van der Waals surface area contributed by atoms with Gasteiger partial charge >= 0.3 is 6.03 Å². The first-order chi connectivity index (χ1) is 10.3. The van der Waals surface area contributed by atoms with Crippen molar-refractivity contribution in [1.82, 2.24) is 15.1 Å². The minimum Gasteiger partial charge on any atom is -0.380 e. The normalized spacial score (nSPS) is 24.0. The standard InChI is InChI=1S/C15H23N3O2S/c19-15(16-11-14-3-1-10-21-14)18-6-2-5-17(7-8-18)13-4-9-20-12-13/h1,3,10,13H,2,4-9,11-12H2,(H,16,19). The Bertz CT molecular complexity index is 446. The van der Waals surface area contributed by atoms with Crippen molar-refractivity contribution >= 4 is 17.4 Å². The van der Waals surface area contributed by atoms with E-state index >= 15 is 0 Å². The summed E-state index contributed by atoms with van der Waals surface area (Å²) < 4.78 is 5.47. The number of ether oxygens (including phenoxy) is 1. The second kappa shape index (κ2) is 7.24. The van der Waals surface area contributed by atoms with E-state index in [-0.39, 0.29) is 6.03 Å². The van der Waals surface area contributed by atoms with Crippen LogP contribution >= 0.6 is 11.3 Å². The Labute approximate surface area is 129 Å². The van der Waals surface area contributed by atoms with Crippen LogP contribution in [0.3, 0.4) is 0 Å². The largest absolute Gasteiger partial charge is 0.380 e. The smallest absolute Gasteiger partial charge is 0.317 e. The van der Waals surface area contributed by atoms with Crippen molar-refractivity contribution in [3.8, 4) is 0 Å². The van der Waals surface area contributed by atoms with Crippen LogP contribution in [0, 0.1) is 0 Å². The molecule has 2 aliphatic heterocycles. The lowest BCUT2D eigenvalue weighted by Crippen LogP contribution is -2.43. The summed E-state index contributed by atoms with van der Waals surface area (Å²) in [6, 6.07) is 4.68. The number of thiophene rings is 1. The third-order valence-corrected chi connectivity index (χ3v) is 5.11. The number of hydrogen-bond acceptors (Lipinski definition) is 4. The van der Waals surface area contributed by atoms with Gasteiger partial charge in [0.1, 0.15) is 0 Å². The maximum absolute atomic E-state index is 12.3. The molecular formula is C15H23N3O2S. The molecule has 1 aromatic heterocycles. The monoisotopic (exact) mass is 309 g/mol. The number of urea groups is 1. The lowest BCUT2D eigenvalue weighted by Gasteiger charge is -2.26. The van der Waals surface area contributed by atoms with Crippen LogP contribution in [0.25, 0.3) is 0 Å². The van der Waals surface area contributed by atoms with E-state index in [4.69, 9.17) is 4.74 Å². The van der Waals surface area contributed by atoms with E-state index in [0.29, 0.717) is 12.6 Å². The lowest BCUT2D eigenvalue weighted by atomic mass is 10.2. The molecule has 0 aliphatic carbocycles. The average molecular weight is 309 g/mol. The summed E-state index contributed by atoms with van der Waals surface area (Å²) in [6.07, 6.45) is 2.17. The van der Waals surface area contributed by atoms with Gasteiger partial charge in [0.25, 0.3) is 0 Å². The molecule has 5 nitrogen and oxygen atoms in total. The Morgan fingerprint density at radius 3 is 3.10 bits per heavy atom. The van der Waals surface area contributed by atoms with Gasteiger partial charge in [0, 0.05) is 43.7 Å². The van der Waals surface area contributed by atoms with Crippen molar-refractivity contribution in [2.75, 3.05) is 39.4 Å². The van der Waals surface area contributed by atoms with Crippen molar-refractivity contribution in [1.29, 1.82) is 0 Å². The molecule has 2 saturated heterocycles. The first-order valence-corrected chi connectivity index (χ1v) is 8.58. The van der Waals surface area contributed by atoms with Gasteiger partial charge in [0.05, 0.1) is 13.2 Å². The van der Waals surface area contributed by atoms with E-state index in [1.807, 2.05) is 16.3 Å². The van der Waals surface area contributed by atoms with Crippen LogP contribution < -0.4 is 5.32 Å². The fourth-order valence-corrected chi connectivity index (χ4v) is 3.65. The molecule has 0 radical (unpaired) electrons. The van der Waals surface area contributed by atoms with Gasteiger partial charge in [-0.05, 0) is 24.3 Å². The van der Waals surface area contributed by atoms with Gasteiger partial charge in [0.2, 0.25) is 0 Å². The van der Waals surface area contributed by atoms with Crippen LogP contribution in [0.15, 0.2) is 17.5 Å². The predicted octanol–water partition coefficient (Wildman–Crippen LogP) is 1.75. The summed E-state index contributed by atoms with van der Waals surface area (Å²) in [6.45, 7) is 6.06. The summed E-state index contributed by atoms with van der Waals surface area (Å²) in [7, 11) is 0. The zero-order valence-corrected chi connectivity index (χ0v) is 13.1. The van der Waals surface area contributed by atoms with Gasteiger partial charge in [-0.3, -0.25) is 4.90 Å². The van der Waals surface area contributed by atoms with E-state index < -0.39 is 0 Å². The fraction of sp³-hybridized carbons (Fsp3) is 0.667. The van der Waals surface area contributed by atoms with Crippen molar-refractivity contribution in [3.63, 3.8) is 0 Å². The maximum Gasteiger partial charge on any atom is 0.317 e. The van der Waals surface area contributed by atoms with Crippen molar-refractivity contribution in [3.05, 3.63) is 22.4 Å². The Morgan fingerprint density at radius 1 is 1.38 bits per heavy atom. The molecule has 1 unspecified atom stereocenters. The molecule has 1 N–H and O–H groups in total. The molecule has 116 valence electrons. The third-order valence-electron chi connectivity index (χ3n) is 4.23. The van der Waals surface area contributed by atoms with Gasteiger partial charge in [0.15, 0.2) is 0 Å². The van der Waals surface area contributed by atoms with Crippen LogP contribution in [0.4, 0.5) is 4.79 Å². The van der Waals surface area contributed by atoms with E-state index in [0.717, 1.165) is 52.2 Å². The van der Waals surface area contributed by atoms with Crippen molar-refractivity contribution in [2.45, 2.75) is 25.4 Å². The van der Waals surface area contributed by atoms with Gasteiger partial charge in [-0.2, -0.15) is 0 Å². The van der Waals surface area contributed by atoms with Crippen LogP contribution in [0.2, 0.25) is 0 Å². The van der Waals surface area contributed by atoms with Gasteiger partial charge < -0.3 is 15.0 Å². The minimum absolute atomic E-state index is 0.0629. The number of nitrogens with zero attached hydrogens (tertiary/aromatic N) is 2. The van der Waals surface area contributed by atoms with Gasteiger partial charge in [-0.25, -0.2) is 4.79 Å². The quantitative estimate of drug-likeness (QED) is 0.925. The van der Waals surface area contributed by atoms with Crippen molar-refractivity contribution in [2.24, 2.45) is 0 Å². The molecule has 0 aromatic carbocycles. The van der Waals surface area contributed by atoms with Crippen LogP contribution in [-0.4, -0.2) is 61.3 Å². The number of carbonyl (C=O) groups is 1. The first kappa shape index (κ1) is 14.8. The highest BCUT2D eigenvalue weighted by Gasteiger charge is 2.26. The molecule has 0 saturated carbocycles. The highest BCUT2D eigenvalue weighted by Crippen LogP contribution is 2.15. The fourth-order valence-electron chi connectivity index (χ4n) is 3.00. The summed E-state index contributed by atoms with van der Waals surface area (Å²) in [5, 5.41) is 5.06. The molecule has 0 bridgehead atoms. The Hall–Kier alpha value is -1.11. The molecular weight excluding hydrogens is 286 g/mol.